The molecular weight excluding hydrogens is 283 g/mol. The number of amides is 1. The number of likely N-dealkylation sites (tertiary alicyclic amines) is 2. The Kier molecular flexibility index (Phi) is 4.62. The summed E-state index contributed by atoms with van der Waals surface area (Å²) < 4.78 is 18.6. The largest absolute Gasteiger partial charge is 0.484 e. The Hall–Kier alpha value is -1.62. The molecule has 3 rings (SSSR count). The molecule has 5 heteroatoms. The van der Waals surface area contributed by atoms with Crippen LogP contribution in [-0.2, 0) is 4.79 Å². The van der Waals surface area contributed by atoms with Crippen LogP contribution >= 0.6 is 0 Å². The Morgan fingerprint density at radius 1 is 1.27 bits per heavy atom. The molecule has 0 bridgehead atoms. The van der Waals surface area contributed by atoms with Crippen LogP contribution in [0.3, 0.4) is 0 Å². The summed E-state index contributed by atoms with van der Waals surface area (Å²) in [4.78, 5) is 16.8. The van der Waals surface area contributed by atoms with Crippen LogP contribution in [0.5, 0.6) is 5.75 Å². The summed E-state index contributed by atoms with van der Waals surface area (Å²) >= 11 is 0. The van der Waals surface area contributed by atoms with Gasteiger partial charge in [0.1, 0.15) is 11.6 Å². The average Bonchev–Trinajstić information content (AvgIpc) is 3.13. The summed E-state index contributed by atoms with van der Waals surface area (Å²) in [5, 5.41) is 0. The Morgan fingerprint density at radius 3 is 2.77 bits per heavy atom. The Bertz CT molecular complexity index is 537. The first-order chi connectivity index (χ1) is 10.6. The first-order valence-corrected chi connectivity index (χ1v) is 8.03. The van der Waals surface area contributed by atoms with Crippen LogP contribution in [0.15, 0.2) is 24.3 Å². The Balaban J connectivity index is 1.59. The van der Waals surface area contributed by atoms with Gasteiger partial charge in [0.05, 0.1) is 0 Å². The van der Waals surface area contributed by atoms with Crippen molar-refractivity contribution in [1.29, 1.82) is 0 Å². The summed E-state index contributed by atoms with van der Waals surface area (Å²) in [5.74, 6) is 0.0609. The fourth-order valence-electron chi connectivity index (χ4n) is 3.71. The number of carbonyl (C=O) groups is 1. The highest BCUT2D eigenvalue weighted by molar-refractivity contribution is 5.78. The molecule has 0 saturated carbocycles. The molecule has 1 aromatic carbocycles. The van der Waals surface area contributed by atoms with E-state index in [0.717, 1.165) is 32.4 Å². The number of halogens is 1. The molecule has 0 N–H and O–H groups in total. The lowest BCUT2D eigenvalue weighted by Gasteiger charge is -2.33. The lowest BCUT2D eigenvalue weighted by Crippen LogP contribution is -2.48. The number of benzene rings is 1. The quantitative estimate of drug-likeness (QED) is 0.855. The predicted octanol–water partition coefficient (Wildman–Crippen LogP) is 2.29. The molecule has 120 valence electrons. The molecule has 0 aromatic heterocycles. The van der Waals surface area contributed by atoms with Gasteiger partial charge in [-0.2, -0.15) is 0 Å². The van der Waals surface area contributed by atoms with Gasteiger partial charge in [-0.15, -0.1) is 0 Å². The van der Waals surface area contributed by atoms with Gasteiger partial charge < -0.3 is 14.5 Å². The Morgan fingerprint density at radius 2 is 2.05 bits per heavy atom. The van der Waals surface area contributed by atoms with Crippen LogP contribution in [0.2, 0.25) is 0 Å². The van der Waals surface area contributed by atoms with Crippen molar-refractivity contribution < 1.29 is 13.9 Å². The van der Waals surface area contributed by atoms with E-state index in [2.05, 4.69) is 11.9 Å². The fourth-order valence-corrected chi connectivity index (χ4v) is 3.71. The van der Waals surface area contributed by atoms with Crippen molar-refractivity contribution in [3.05, 3.63) is 30.1 Å². The highest BCUT2D eigenvalue weighted by Crippen LogP contribution is 2.29. The molecule has 2 saturated heterocycles. The minimum atomic E-state index is -0.350. The third kappa shape index (κ3) is 3.24. The lowest BCUT2D eigenvalue weighted by atomic mass is 10.0. The van der Waals surface area contributed by atoms with E-state index in [1.165, 1.54) is 18.6 Å². The summed E-state index contributed by atoms with van der Waals surface area (Å²) in [7, 11) is 2.14. The topological polar surface area (TPSA) is 32.8 Å². The van der Waals surface area contributed by atoms with Crippen LogP contribution in [0.1, 0.15) is 25.7 Å². The molecule has 22 heavy (non-hydrogen) atoms. The first kappa shape index (κ1) is 15.3. The Labute approximate surface area is 130 Å². The van der Waals surface area contributed by atoms with E-state index in [-0.39, 0.29) is 18.3 Å². The second-order valence-corrected chi connectivity index (χ2v) is 6.23. The number of rotatable bonds is 4. The van der Waals surface area contributed by atoms with Crippen molar-refractivity contribution in [2.75, 3.05) is 26.7 Å². The number of carbonyl (C=O) groups excluding carboxylic acids is 1. The molecule has 4 nitrogen and oxygen atoms in total. The standard InChI is InChI=1S/C17H23FN2O2/c1-19-9-3-7-15(19)16-8-4-10-20(16)17(21)12-22-14-6-2-5-13(18)11-14/h2,5-6,11,15-16H,3-4,7-10,12H2,1H3/t15-,16-/m1/s1. The maximum atomic E-state index is 13.1. The molecule has 2 aliphatic rings. The zero-order valence-electron chi connectivity index (χ0n) is 13.0. The maximum Gasteiger partial charge on any atom is 0.260 e. The minimum absolute atomic E-state index is 0.00654. The monoisotopic (exact) mass is 306 g/mol. The summed E-state index contributed by atoms with van der Waals surface area (Å²) in [6.45, 7) is 1.90. The van der Waals surface area contributed by atoms with E-state index in [0.29, 0.717) is 17.8 Å². The van der Waals surface area contributed by atoms with Gasteiger partial charge in [-0.3, -0.25) is 4.79 Å². The predicted molar refractivity (Wildman–Crippen MR) is 82.3 cm³/mol. The molecule has 0 unspecified atom stereocenters. The zero-order chi connectivity index (χ0) is 15.5. The van der Waals surface area contributed by atoms with E-state index in [1.54, 1.807) is 12.1 Å². The molecule has 0 radical (unpaired) electrons. The van der Waals surface area contributed by atoms with E-state index in [9.17, 15) is 9.18 Å². The lowest BCUT2D eigenvalue weighted by molar-refractivity contribution is -0.135. The van der Waals surface area contributed by atoms with Gasteiger partial charge in [0, 0.05) is 24.7 Å². The van der Waals surface area contributed by atoms with E-state index in [1.807, 2.05) is 4.90 Å². The van der Waals surface area contributed by atoms with Crippen LogP contribution in [-0.4, -0.2) is 54.5 Å². The van der Waals surface area contributed by atoms with Crippen molar-refractivity contribution >= 4 is 5.91 Å². The summed E-state index contributed by atoms with van der Waals surface area (Å²) in [6.07, 6.45) is 4.50. The van der Waals surface area contributed by atoms with Crippen molar-refractivity contribution in [3.8, 4) is 5.75 Å². The van der Waals surface area contributed by atoms with E-state index in [4.69, 9.17) is 4.74 Å². The van der Waals surface area contributed by atoms with Crippen molar-refractivity contribution in [3.63, 3.8) is 0 Å². The second-order valence-electron chi connectivity index (χ2n) is 6.23. The maximum absolute atomic E-state index is 13.1. The highest BCUT2D eigenvalue weighted by atomic mass is 19.1. The average molecular weight is 306 g/mol. The van der Waals surface area contributed by atoms with Gasteiger partial charge >= 0.3 is 0 Å². The number of ether oxygens (including phenoxy) is 1. The number of nitrogens with zero attached hydrogens (tertiary/aromatic N) is 2. The third-order valence-corrected chi connectivity index (χ3v) is 4.80. The zero-order valence-corrected chi connectivity index (χ0v) is 13.0. The summed E-state index contributed by atoms with van der Waals surface area (Å²) in [6, 6.07) is 6.70. The molecule has 2 aliphatic heterocycles. The van der Waals surface area contributed by atoms with Gasteiger partial charge in [0.15, 0.2) is 6.61 Å². The molecule has 0 spiro atoms. The van der Waals surface area contributed by atoms with Crippen molar-refractivity contribution in [2.24, 2.45) is 0 Å². The number of likely N-dealkylation sites (N-methyl/N-ethyl adjacent to an activating group) is 1. The van der Waals surface area contributed by atoms with E-state index < -0.39 is 0 Å². The first-order valence-electron chi connectivity index (χ1n) is 8.03. The molecule has 1 amide bonds. The van der Waals surface area contributed by atoms with Crippen LogP contribution in [0, 0.1) is 5.82 Å². The minimum Gasteiger partial charge on any atom is -0.484 e. The van der Waals surface area contributed by atoms with Crippen LogP contribution in [0.25, 0.3) is 0 Å². The number of hydrogen-bond acceptors (Lipinski definition) is 3. The molecule has 1 aromatic rings. The number of hydrogen-bond donors (Lipinski definition) is 0. The molecule has 2 heterocycles. The van der Waals surface area contributed by atoms with Gasteiger partial charge in [-0.1, -0.05) is 6.07 Å². The van der Waals surface area contributed by atoms with Crippen LogP contribution < -0.4 is 4.74 Å². The third-order valence-electron chi connectivity index (χ3n) is 4.80. The normalized spacial score (nSPS) is 25.6. The SMILES string of the molecule is CN1CCC[C@@H]1[C@H]1CCCN1C(=O)COc1cccc(F)c1. The van der Waals surface area contributed by atoms with Gasteiger partial charge in [0.25, 0.3) is 5.91 Å². The van der Waals surface area contributed by atoms with Crippen molar-refractivity contribution in [1.82, 2.24) is 9.80 Å². The summed E-state index contributed by atoms with van der Waals surface area (Å²) in [5.41, 5.74) is 0. The highest BCUT2D eigenvalue weighted by Gasteiger charge is 2.38. The smallest absolute Gasteiger partial charge is 0.260 e. The molecule has 2 fully saturated rings. The van der Waals surface area contributed by atoms with Gasteiger partial charge in [-0.25, -0.2) is 4.39 Å². The van der Waals surface area contributed by atoms with Gasteiger partial charge in [-0.05, 0) is 51.4 Å². The molecule has 0 aliphatic carbocycles. The fraction of sp³-hybridized carbons (Fsp3) is 0.588. The van der Waals surface area contributed by atoms with Gasteiger partial charge in [0.2, 0.25) is 0 Å². The molecule has 2 atom stereocenters. The van der Waals surface area contributed by atoms with Crippen molar-refractivity contribution in [2.45, 2.75) is 37.8 Å². The van der Waals surface area contributed by atoms with E-state index >= 15 is 0 Å². The van der Waals surface area contributed by atoms with Crippen LogP contribution in [0.4, 0.5) is 4.39 Å². The second kappa shape index (κ2) is 6.65. The molecular formula is C17H23FN2O2.